The number of nitrogens with one attached hydrogen (secondary N) is 1. The van der Waals surface area contributed by atoms with Gasteiger partial charge < -0.3 is 20.1 Å². The number of benzene rings is 3. The Labute approximate surface area is 297 Å². The molecule has 3 aliphatic heterocycles. The number of phenolic OH excluding ortho intramolecular Hbond substituents is 1. The zero-order chi connectivity index (χ0) is 36.5. The van der Waals surface area contributed by atoms with Gasteiger partial charge in [0.15, 0.2) is 11.5 Å². The molecule has 0 bridgehead atoms. The Hall–Kier alpha value is -4.82. The summed E-state index contributed by atoms with van der Waals surface area (Å²) in [5.41, 5.74) is -0.186. The number of carbonyl (C=O) groups excluding carboxylic acids is 1. The number of alkyl halides is 1. The first-order chi connectivity index (χ1) is 25.0. The third-order valence-electron chi connectivity index (χ3n) is 10.8. The molecule has 0 radical (unpaired) electrons. The van der Waals surface area contributed by atoms with Gasteiger partial charge in [-0.25, -0.2) is 17.6 Å². The highest BCUT2D eigenvalue weighted by molar-refractivity contribution is 6.06. The molecule has 2 atom stereocenters. The maximum Gasteiger partial charge on any atom is 0.317 e. The number of ether oxygens (including phenoxy) is 1. The number of rotatable bonds is 7. The Bertz CT molecular complexity index is 2260. The Morgan fingerprint density at radius 2 is 1.92 bits per heavy atom. The van der Waals surface area contributed by atoms with Gasteiger partial charge in [-0.15, -0.1) is 0 Å². The lowest BCUT2D eigenvalue weighted by molar-refractivity contribution is 0.0821. The summed E-state index contributed by atoms with van der Waals surface area (Å²) in [5, 5.41) is 19.3. The normalized spacial score (nSPS) is 20.3. The van der Waals surface area contributed by atoms with Crippen LogP contribution in [0.2, 0.25) is 0 Å². The Morgan fingerprint density at radius 1 is 1.10 bits per heavy atom. The lowest BCUT2D eigenvalue weighted by Crippen LogP contribution is -2.43. The lowest BCUT2D eigenvalue weighted by atomic mass is 9.91. The second-order valence-electron chi connectivity index (χ2n) is 14.3. The minimum absolute atomic E-state index is 0.0318. The van der Waals surface area contributed by atoms with E-state index in [4.69, 9.17) is 9.72 Å². The van der Waals surface area contributed by atoms with Crippen molar-refractivity contribution in [3.63, 3.8) is 0 Å². The standard InChI is InChI=1S/C38H39F4N7O3/c1-4-23-26(40)8-7-20-13-22(50)14-24(29(20)23)30-27(41)15-25-33(31-28-17-43-10-6-12-49(28)46-35(31)36(51)47(2)3)44-37(45-34(25)32(30)42)52-19-38-9-5-11-48(38)18-21(39)16-38/h7-8,13-15,21,43,50H,4-6,9-12,16-19H2,1-3H3/t21-,38+/m1/s1. The first kappa shape index (κ1) is 34.3. The molecular formula is C38H39F4N7O3. The van der Waals surface area contributed by atoms with Crippen LogP contribution in [0.5, 0.6) is 11.8 Å². The Balaban J connectivity index is 1.39. The van der Waals surface area contributed by atoms with Crippen LogP contribution in [0.4, 0.5) is 17.6 Å². The van der Waals surface area contributed by atoms with Crippen LogP contribution in [-0.2, 0) is 19.5 Å². The first-order valence-corrected chi connectivity index (χ1v) is 17.7. The minimum Gasteiger partial charge on any atom is -0.508 e. The lowest BCUT2D eigenvalue weighted by Gasteiger charge is -2.30. The summed E-state index contributed by atoms with van der Waals surface area (Å²) >= 11 is 0. The molecule has 52 heavy (non-hydrogen) atoms. The van der Waals surface area contributed by atoms with E-state index in [9.17, 15) is 14.3 Å². The maximum absolute atomic E-state index is 17.3. The zero-order valence-corrected chi connectivity index (χ0v) is 29.2. The van der Waals surface area contributed by atoms with Crippen molar-refractivity contribution in [2.45, 2.75) is 63.8 Å². The second kappa shape index (κ2) is 13.0. The van der Waals surface area contributed by atoms with Crippen molar-refractivity contribution in [1.29, 1.82) is 0 Å². The number of aryl methyl sites for hydroxylation is 2. The van der Waals surface area contributed by atoms with Crippen LogP contribution in [-0.4, -0.2) is 92.6 Å². The molecule has 5 heterocycles. The number of halogens is 4. The van der Waals surface area contributed by atoms with Crippen molar-refractivity contribution in [3.05, 3.63) is 64.7 Å². The van der Waals surface area contributed by atoms with Gasteiger partial charge in [-0.05, 0) is 84.9 Å². The largest absolute Gasteiger partial charge is 0.508 e. The highest BCUT2D eigenvalue weighted by Crippen LogP contribution is 2.44. The van der Waals surface area contributed by atoms with Crippen molar-refractivity contribution >= 4 is 27.6 Å². The molecule has 5 aromatic rings. The van der Waals surface area contributed by atoms with Crippen molar-refractivity contribution in [1.82, 2.24) is 34.9 Å². The number of aromatic nitrogens is 4. The average Bonchev–Trinajstić information content (AvgIpc) is 3.70. The summed E-state index contributed by atoms with van der Waals surface area (Å²) < 4.78 is 71.7. The number of hydrogen-bond donors (Lipinski definition) is 2. The SMILES string of the molecule is CCc1c(F)ccc2cc(O)cc(-c3c(F)cc4c(-c5c(C(=O)N(C)C)nn6c5CNCCC6)nc(OC[C@@]56CCCN5C[C@H](F)C6)nc4c3F)c12. The molecule has 2 fully saturated rings. The van der Waals surface area contributed by atoms with E-state index in [0.717, 1.165) is 25.5 Å². The fourth-order valence-electron chi connectivity index (χ4n) is 8.40. The van der Waals surface area contributed by atoms with Crippen LogP contribution in [0.1, 0.15) is 54.4 Å². The molecule has 8 rings (SSSR count). The monoisotopic (exact) mass is 717 g/mol. The molecule has 272 valence electrons. The molecule has 2 aromatic heterocycles. The molecule has 0 unspecified atom stereocenters. The predicted octanol–water partition coefficient (Wildman–Crippen LogP) is 6.15. The molecule has 1 amide bonds. The number of phenols is 1. The first-order valence-electron chi connectivity index (χ1n) is 17.7. The minimum atomic E-state index is -1.08. The molecule has 2 N–H and O–H groups in total. The molecule has 14 heteroatoms. The quantitative estimate of drug-likeness (QED) is 0.193. The number of nitrogens with zero attached hydrogens (tertiary/aromatic N) is 6. The van der Waals surface area contributed by atoms with Crippen molar-refractivity contribution in [2.75, 3.05) is 40.3 Å². The Morgan fingerprint density at radius 3 is 2.71 bits per heavy atom. The van der Waals surface area contributed by atoms with Crippen molar-refractivity contribution < 1.29 is 32.2 Å². The van der Waals surface area contributed by atoms with E-state index in [1.165, 1.54) is 29.2 Å². The number of hydrogen-bond acceptors (Lipinski definition) is 8. The third-order valence-corrected chi connectivity index (χ3v) is 10.8. The molecule has 0 saturated carbocycles. The Kier molecular flexibility index (Phi) is 8.56. The van der Waals surface area contributed by atoms with E-state index in [0.29, 0.717) is 49.2 Å². The van der Waals surface area contributed by atoms with Gasteiger partial charge in [0.25, 0.3) is 5.91 Å². The highest BCUT2D eigenvalue weighted by Gasteiger charge is 2.49. The predicted molar refractivity (Wildman–Crippen MR) is 188 cm³/mol. The molecular weight excluding hydrogens is 678 g/mol. The van der Waals surface area contributed by atoms with Crippen molar-refractivity contribution in [3.8, 4) is 34.1 Å². The average molecular weight is 718 g/mol. The number of aromatic hydroxyl groups is 1. The van der Waals surface area contributed by atoms with Gasteiger partial charge in [0, 0.05) is 45.5 Å². The summed E-state index contributed by atoms with van der Waals surface area (Å²) in [7, 11) is 3.18. The smallest absolute Gasteiger partial charge is 0.317 e. The summed E-state index contributed by atoms with van der Waals surface area (Å²) in [6.45, 7) is 4.31. The topological polar surface area (TPSA) is 109 Å². The maximum atomic E-state index is 17.3. The summed E-state index contributed by atoms with van der Waals surface area (Å²) in [6, 6.07) is 6.22. The van der Waals surface area contributed by atoms with E-state index in [2.05, 4.69) is 20.3 Å². The fourth-order valence-corrected chi connectivity index (χ4v) is 8.40. The molecule has 0 spiro atoms. The van der Waals surface area contributed by atoms with E-state index in [-0.39, 0.29) is 70.0 Å². The van der Waals surface area contributed by atoms with Crippen LogP contribution in [0, 0.1) is 17.5 Å². The van der Waals surface area contributed by atoms with Gasteiger partial charge in [0.1, 0.15) is 35.7 Å². The van der Waals surface area contributed by atoms with Gasteiger partial charge in [-0.1, -0.05) is 13.0 Å². The van der Waals surface area contributed by atoms with Gasteiger partial charge >= 0.3 is 6.01 Å². The molecule has 2 saturated heterocycles. The van der Waals surface area contributed by atoms with Gasteiger partial charge in [0.2, 0.25) is 0 Å². The second-order valence-corrected chi connectivity index (χ2v) is 14.3. The van der Waals surface area contributed by atoms with Crippen LogP contribution >= 0.6 is 0 Å². The van der Waals surface area contributed by atoms with E-state index < -0.39 is 40.6 Å². The molecule has 3 aliphatic rings. The van der Waals surface area contributed by atoms with E-state index in [1.807, 2.05) is 0 Å². The van der Waals surface area contributed by atoms with Crippen molar-refractivity contribution in [2.24, 2.45) is 0 Å². The fraction of sp³-hybridized carbons (Fsp3) is 0.421. The number of fused-ring (bicyclic) bond motifs is 4. The summed E-state index contributed by atoms with van der Waals surface area (Å²) in [5.74, 6) is -3.31. The van der Waals surface area contributed by atoms with Crippen LogP contribution in [0.15, 0.2) is 30.3 Å². The van der Waals surface area contributed by atoms with Gasteiger partial charge in [-0.2, -0.15) is 15.1 Å². The molecule has 10 nitrogen and oxygen atoms in total. The zero-order valence-electron chi connectivity index (χ0n) is 29.2. The van der Waals surface area contributed by atoms with E-state index >= 15 is 13.2 Å². The molecule has 0 aliphatic carbocycles. The highest BCUT2D eigenvalue weighted by atomic mass is 19.1. The van der Waals surface area contributed by atoms with Crippen LogP contribution in [0.25, 0.3) is 44.1 Å². The van der Waals surface area contributed by atoms with E-state index in [1.54, 1.807) is 25.7 Å². The van der Waals surface area contributed by atoms with Crippen LogP contribution in [0.3, 0.4) is 0 Å². The summed E-state index contributed by atoms with van der Waals surface area (Å²) in [4.78, 5) is 26.3. The van der Waals surface area contributed by atoms with Crippen LogP contribution < -0.4 is 10.1 Å². The summed E-state index contributed by atoms with van der Waals surface area (Å²) in [6.07, 6.45) is 1.82. The van der Waals surface area contributed by atoms with Gasteiger partial charge in [0.05, 0.1) is 28.1 Å². The number of carbonyl (C=O) groups is 1. The van der Waals surface area contributed by atoms with Gasteiger partial charge in [-0.3, -0.25) is 14.4 Å². The molecule has 3 aromatic carbocycles. The number of amides is 1. The third kappa shape index (κ3) is 5.54.